The molecule has 20 heavy (non-hydrogen) atoms. The van der Waals surface area contributed by atoms with Gasteiger partial charge in [-0.1, -0.05) is 29.3 Å². The SMILES string of the molecule is COc1ccc(CC(O)c2cc(Cl)ccc2Cl)cc1Br. The molecule has 0 saturated carbocycles. The van der Waals surface area contributed by atoms with Crippen LogP contribution in [0.1, 0.15) is 17.2 Å². The summed E-state index contributed by atoms with van der Waals surface area (Å²) in [7, 11) is 1.61. The monoisotopic (exact) mass is 374 g/mol. The molecule has 1 N–H and O–H groups in total. The van der Waals surface area contributed by atoms with Crippen molar-refractivity contribution in [3.05, 3.63) is 62.0 Å². The Kier molecular flexibility index (Phi) is 5.33. The summed E-state index contributed by atoms with van der Waals surface area (Å²) in [6.07, 6.45) is -0.260. The lowest BCUT2D eigenvalue weighted by molar-refractivity contribution is 0.178. The minimum atomic E-state index is -0.707. The van der Waals surface area contributed by atoms with E-state index in [1.807, 2.05) is 18.2 Å². The Balaban J connectivity index is 2.21. The Bertz CT molecular complexity index is 617. The molecule has 2 rings (SSSR count). The largest absolute Gasteiger partial charge is 0.496 e. The van der Waals surface area contributed by atoms with Gasteiger partial charge in [-0.2, -0.15) is 0 Å². The van der Waals surface area contributed by atoms with Crippen LogP contribution in [0.2, 0.25) is 10.0 Å². The van der Waals surface area contributed by atoms with Crippen LogP contribution >= 0.6 is 39.1 Å². The first-order valence-electron chi connectivity index (χ1n) is 5.96. The number of ether oxygens (including phenoxy) is 1. The van der Waals surface area contributed by atoms with E-state index >= 15 is 0 Å². The Hall–Kier alpha value is -0.740. The summed E-state index contributed by atoms with van der Waals surface area (Å²) in [5, 5.41) is 11.4. The van der Waals surface area contributed by atoms with Gasteiger partial charge in [0.15, 0.2) is 0 Å². The molecule has 2 nitrogen and oxygen atoms in total. The summed E-state index contributed by atoms with van der Waals surface area (Å²) >= 11 is 15.4. The van der Waals surface area contributed by atoms with Crippen molar-refractivity contribution in [1.82, 2.24) is 0 Å². The van der Waals surface area contributed by atoms with Gasteiger partial charge in [-0.15, -0.1) is 0 Å². The van der Waals surface area contributed by atoms with E-state index in [9.17, 15) is 5.11 Å². The van der Waals surface area contributed by atoms with E-state index in [2.05, 4.69) is 15.9 Å². The van der Waals surface area contributed by atoms with Crippen LogP contribution in [-0.4, -0.2) is 12.2 Å². The Morgan fingerprint density at radius 2 is 1.95 bits per heavy atom. The average Bonchev–Trinajstić information content (AvgIpc) is 2.41. The van der Waals surface area contributed by atoms with Gasteiger partial charge in [0.25, 0.3) is 0 Å². The van der Waals surface area contributed by atoms with E-state index in [1.54, 1.807) is 25.3 Å². The summed E-state index contributed by atoms with van der Waals surface area (Å²) < 4.78 is 6.03. The van der Waals surface area contributed by atoms with Crippen molar-refractivity contribution in [3.8, 4) is 5.75 Å². The van der Waals surface area contributed by atoms with Gasteiger partial charge in [0.2, 0.25) is 0 Å². The second-order valence-electron chi connectivity index (χ2n) is 4.35. The summed E-state index contributed by atoms with van der Waals surface area (Å²) in [6.45, 7) is 0. The van der Waals surface area contributed by atoms with Crippen molar-refractivity contribution in [2.45, 2.75) is 12.5 Å². The van der Waals surface area contributed by atoms with E-state index in [0.717, 1.165) is 15.8 Å². The van der Waals surface area contributed by atoms with Gasteiger partial charge in [0.05, 0.1) is 17.7 Å². The van der Waals surface area contributed by atoms with Gasteiger partial charge in [-0.05, 0) is 51.8 Å². The fourth-order valence-electron chi connectivity index (χ4n) is 1.94. The molecule has 1 unspecified atom stereocenters. The number of aliphatic hydroxyl groups excluding tert-OH is 1. The van der Waals surface area contributed by atoms with Crippen molar-refractivity contribution >= 4 is 39.1 Å². The van der Waals surface area contributed by atoms with Crippen LogP contribution in [0.15, 0.2) is 40.9 Å². The molecule has 0 aromatic heterocycles. The van der Waals surface area contributed by atoms with Crippen molar-refractivity contribution in [2.75, 3.05) is 7.11 Å². The van der Waals surface area contributed by atoms with E-state index in [-0.39, 0.29) is 0 Å². The summed E-state index contributed by atoms with van der Waals surface area (Å²) in [6, 6.07) is 10.8. The lowest BCUT2D eigenvalue weighted by Crippen LogP contribution is -2.03. The third-order valence-corrected chi connectivity index (χ3v) is 4.16. The summed E-state index contributed by atoms with van der Waals surface area (Å²) in [5.74, 6) is 0.754. The van der Waals surface area contributed by atoms with Gasteiger partial charge in [-0.25, -0.2) is 0 Å². The number of benzene rings is 2. The molecule has 0 aliphatic carbocycles. The van der Waals surface area contributed by atoms with Crippen LogP contribution in [0.5, 0.6) is 5.75 Å². The standard InChI is InChI=1S/C15H13BrCl2O2/c1-20-15-5-2-9(6-12(15)16)7-14(19)11-8-10(17)3-4-13(11)18/h2-6,8,14,19H,7H2,1H3. The van der Waals surface area contributed by atoms with Gasteiger partial charge in [-0.3, -0.25) is 0 Å². The average molecular weight is 376 g/mol. The molecular weight excluding hydrogens is 363 g/mol. The Morgan fingerprint density at radius 3 is 2.60 bits per heavy atom. The minimum absolute atomic E-state index is 0.447. The molecule has 0 saturated heterocycles. The molecule has 0 spiro atoms. The number of methoxy groups -OCH3 is 1. The van der Waals surface area contributed by atoms with Crippen LogP contribution in [-0.2, 0) is 6.42 Å². The van der Waals surface area contributed by atoms with E-state index < -0.39 is 6.10 Å². The molecule has 2 aromatic carbocycles. The fourth-order valence-corrected chi connectivity index (χ4v) is 2.95. The predicted octanol–water partition coefficient (Wildman–Crippen LogP) is 5.04. The summed E-state index contributed by atoms with van der Waals surface area (Å²) in [4.78, 5) is 0. The first-order valence-corrected chi connectivity index (χ1v) is 7.51. The minimum Gasteiger partial charge on any atom is -0.496 e. The van der Waals surface area contributed by atoms with Crippen molar-refractivity contribution in [2.24, 2.45) is 0 Å². The molecular formula is C15H13BrCl2O2. The molecule has 0 heterocycles. The molecule has 0 amide bonds. The van der Waals surface area contributed by atoms with Crippen molar-refractivity contribution < 1.29 is 9.84 Å². The number of hydrogen-bond donors (Lipinski definition) is 1. The topological polar surface area (TPSA) is 29.5 Å². The van der Waals surface area contributed by atoms with Crippen molar-refractivity contribution in [3.63, 3.8) is 0 Å². The number of aliphatic hydroxyl groups is 1. The third-order valence-electron chi connectivity index (χ3n) is 2.96. The fraction of sp³-hybridized carbons (Fsp3) is 0.200. The van der Waals surface area contributed by atoms with E-state index in [1.165, 1.54) is 0 Å². The molecule has 0 radical (unpaired) electrons. The van der Waals surface area contributed by atoms with Crippen LogP contribution in [0, 0.1) is 0 Å². The number of hydrogen-bond acceptors (Lipinski definition) is 2. The first-order chi connectivity index (χ1) is 9.51. The van der Waals surface area contributed by atoms with Crippen LogP contribution in [0.4, 0.5) is 0 Å². The zero-order chi connectivity index (χ0) is 14.7. The Morgan fingerprint density at radius 1 is 1.20 bits per heavy atom. The maximum atomic E-state index is 10.3. The van der Waals surface area contributed by atoms with Crippen LogP contribution in [0.25, 0.3) is 0 Å². The third kappa shape index (κ3) is 3.67. The molecule has 0 aliphatic rings. The van der Waals surface area contributed by atoms with E-state index in [0.29, 0.717) is 22.0 Å². The second-order valence-corrected chi connectivity index (χ2v) is 6.05. The number of rotatable bonds is 4. The van der Waals surface area contributed by atoms with Gasteiger partial charge < -0.3 is 9.84 Å². The highest BCUT2D eigenvalue weighted by atomic mass is 79.9. The molecule has 2 aromatic rings. The van der Waals surface area contributed by atoms with Crippen LogP contribution < -0.4 is 4.74 Å². The zero-order valence-corrected chi connectivity index (χ0v) is 13.8. The second kappa shape index (κ2) is 6.81. The van der Waals surface area contributed by atoms with Gasteiger partial charge in [0.1, 0.15) is 5.75 Å². The van der Waals surface area contributed by atoms with Crippen molar-refractivity contribution in [1.29, 1.82) is 0 Å². The lowest BCUT2D eigenvalue weighted by Gasteiger charge is -2.14. The molecule has 0 aliphatic heterocycles. The van der Waals surface area contributed by atoms with Gasteiger partial charge in [0, 0.05) is 22.0 Å². The molecule has 106 valence electrons. The maximum absolute atomic E-state index is 10.3. The molecule has 1 atom stereocenters. The quantitative estimate of drug-likeness (QED) is 0.810. The normalized spacial score (nSPS) is 12.2. The maximum Gasteiger partial charge on any atom is 0.133 e. The Labute approximate surface area is 136 Å². The first kappa shape index (κ1) is 15.6. The highest BCUT2D eigenvalue weighted by molar-refractivity contribution is 9.10. The highest BCUT2D eigenvalue weighted by Crippen LogP contribution is 2.31. The predicted molar refractivity (Wildman–Crippen MR) is 85.8 cm³/mol. The van der Waals surface area contributed by atoms with Crippen LogP contribution in [0.3, 0.4) is 0 Å². The highest BCUT2D eigenvalue weighted by Gasteiger charge is 2.14. The smallest absolute Gasteiger partial charge is 0.133 e. The van der Waals surface area contributed by atoms with E-state index in [4.69, 9.17) is 27.9 Å². The summed E-state index contributed by atoms with van der Waals surface area (Å²) in [5.41, 5.74) is 1.60. The number of halogens is 3. The molecule has 0 bridgehead atoms. The van der Waals surface area contributed by atoms with Gasteiger partial charge >= 0.3 is 0 Å². The zero-order valence-electron chi connectivity index (χ0n) is 10.7. The molecule has 0 fully saturated rings. The molecule has 5 heteroatoms. The lowest BCUT2D eigenvalue weighted by atomic mass is 10.0.